The maximum atomic E-state index is 11.4. The monoisotopic (exact) mass is 254 g/mol. The summed E-state index contributed by atoms with van der Waals surface area (Å²) in [5, 5.41) is 0. The molecule has 0 aromatic carbocycles. The van der Waals surface area contributed by atoms with E-state index in [4.69, 9.17) is 10.5 Å². The summed E-state index contributed by atoms with van der Waals surface area (Å²) in [5.41, 5.74) is 5.62. The third-order valence-corrected chi connectivity index (χ3v) is 3.57. The number of primary amides is 1. The highest BCUT2D eigenvalue weighted by atomic mass is 16.5. The van der Waals surface area contributed by atoms with Crippen molar-refractivity contribution >= 4 is 11.9 Å². The molecule has 1 unspecified atom stereocenters. The molecule has 5 nitrogen and oxygen atoms in total. The first-order valence-corrected chi connectivity index (χ1v) is 6.22. The van der Waals surface area contributed by atoms with Crippen molar-refractivity contribution in [2.24, 2.45) is 11.1 Å². The summed E-state index contributed by atoms with van der Waals surface area (Å²) in [6, 6.07) is 0. The fourth-order valence-electron chi connectivity index (χ4n) is 2.16. The lowest BCUT2D eigenvalue weighted by molar-refractivity contribution is -0.136. The molecule has 1 amide bonds. The molecule has 0 spiro atoms. The average molecular weight is 254 g/mol. The first kappa shape index (κ1) is 14.7. The highest BCUT2D eigenvalue weighted by Crippen LogP contribution is 2.29. The Hall–Kier alpha value is -1.36. The van der Waals surface area contributed by atoms with E-state index in [0.717, 1.165) is 13.0 Å². The Morgan fingerprint density at radius 1 is 1.50 bits per heavy atom. The van der Waals surface area contributed by atoms with E-state index in [0.29, 0.717) is 25.1 Å². The van der Waals surface area contributed by atoms with Crippen LogP contribution in [0.4, 0.5) is 0 Å². The lowest BCUT2D eigenvalue weighted by Gasteiger charge is -2.20. The first-order chi connectivity index (χ1) is 8.42. The number of methoxy groups -OCH3 is 1. The Kier molecular flexibility index (Phi) is 4.90. The summed E-state index contributed by atoms with van der Waals surface area (Å²) in [7, 11) is 1.38. The maximum Gasteiger partial charge on any atom is 0.333 e. The van der Waals surface area contributed by atoms with Gasteiger partial charge in [0.25, 0.3) is 0 Å². The van der Waals surface area contributed by atoms with Gasteiger partial charge in [-0.05, 0) is 26.3 Å². The number of rotatable bonds is 5. The van der Waals surface area contributed by atoms with Crippen LogP contribution in [0.1, 0.15) is 26.7 Å². The molecule has 1 aliphatic rings. The van der Waals surface area contributed by atoms with E-state index in [2.05, 4.69) is 4.90 Å². The number of hydrogen-bond acceptors (Lipinski definition) is 4. The van der Waals surface area contributed by atoms with Crippen LogP contribution in [0.3, 0.4) is 0 Å². The minimum Gasteiger partial charge on any atom is -0.466 e. The van der Waals surface area contributed by atoms with E-state index >= 15 is 0 Å². The van der Waals surface area contributed by atoms with Gasteiger partial charge in [-0.25, -0.2) is 4.79 Å². The van der Waals surface area contributed by atoms with Crippen LogP contribution in [-0.2, 0) is 14.3 Å². The Bertz CT molecular complexity index is 365. The zero-order valence-electron chi connectivity index (χ0n) is 11.4. The minimum atomic E-state index is -0.439. The van der Waals surface area contributed by atoms with Gasteiger partial charge in [-0.2, -0.15) is 0 Å². The number of nitrogens with zero attached hydrogens (tertiary/aromatic N) is 1. The van der Waals surface area contributed by atoms with Gasteiger partial charge in [-0.15, -0.1) is 0 Å². The fourth-order valence-corrected chi connectivity index (χ4v) is 2.16. The molecule has 0 bridgehead atoms. The van der Waals surface area contributed by atoms with E-state index in [9.17, 15) is 9.59 Å². The quantitative estimate of drug-likeness (QED) is 0.579. The van der Waals surface area contributed by atoms with Crippen molar-refractivity contribution in [2.75, 3.05) is 26.7 Å². The lowest BCUT2D eigenvalue weighted by atomic mass is 9.89. The Balaban J connectivity index is 2.58. The third-order valence-electron chi connectivity index (χ3n) is 3.57. The molecule has 0 saturated carbocycles. The van der Waals surface area contributed by atoms with Crippen LogP contribution in [0.5, 0.6) is 0 Å². The molecule has 1 rings (SSSR count). The van der Waals surface area contributed by atoms with Crippen molar-refractivity contribution in [3.63, 3.8) is 0 Å². The third kappa shape index (κ3) is 3.32. The number of nitrogens with two attached hydrogens (primary N) is 1. The Labute approximate surface area is 108 Å². The summed E-state index contributed by atoms with van der Waals surface area (Å²) in [6.45, 7) is 5.94. The molecule has 0 aromatic heterocycles. The van der Waals surface area contributed by atoms with Crippen molar-refractivity contribution in [3.05, 3.63) is 11.6 Å². The largest absolute Gasteiger partial charge is 0.466 e. The molecule has 0 radical (unpaired) electrons. The molecular weight excluding hydrogens is 232 g/mol. The summed E-state index contributed by atoms with van der Waals surface area (Å²) in [5.74, 6) is -0.535. The molecular formula is C13H22N2O3. The molecule has 1 heterocycles. The molecule has 1 fully saturated rings. The van der Waals surface area contributed by atoms with Crippen molar-refractivity contribution < 1.29 is 14.3 Å². The summed E-state index contributed by atoms with van der Waals surface area (Å²) in [6.07, 6.45) is 3.29. The van der Waals surface area contributed by atoms with Crippen molar-refractivity contribution in [1.29, 1.82) is 0 Å². The highest BCUT2D eigenvalue weighted by Gasteiger charge is 2.38. The number of likely N-dealkylation sites (tertiary alicyclic amines) is 1. The summed E-state index contributed by atoms with van der Waals surface area (Å²) in [4.78, 5) is 24.9. The van der Waals surface area contributed by atoms with E-state index in [-0.39, 0.29) is 11.9 Å². The van der Waals surface area contributed by atoms with Crippen LogP contribution >= 0.6 is 0 Å². The van der Waals surface area contributed by atoms with E-state index in [1.165, 1.54) is 7.11 Å². The Morgan fingerprint density at radius 3 is 2.61 bits per heavy atom. The molecule has 1 atom stereocenters. The standard InChI is InChI=1S/C13H22N2O3/c1-4-10(11(16)18-3)5-7-15-8-6-13(2,9-15)12(14)17/h5H,4,6-9H2,1-3H3,(H2,14,17). The number of amides is 1. The Morgan fingerprint density at radius 2 is 2.17 bits per heavy atom. The van der Waals surface area contributed by atoms with Crippen molar-refractivity contribution in [1.82, 2.24) is 4.90 Å². The average Bonchev–Trinajstić information content (AvgIpc) is 2.73. The molecule has 5 heteroatoms. The van der Waals surface area contributed by atoms with Crippen LogP contribution in [0.15, 0.2) is 11.6 Å². The molecule has 18 heavy (non-hydrogen) atoms. The molecule has 102 valence electrons. The molecule has 0 aliphatic carbocycles. The van der Waals surface area contributed by atoms with Gasteiger partial charge in [-0.1, -0.05) is 13.0 Å². The highest BCUT2D eigenvalue weighted by molar-refractivity contribution is 5.88. The maximum absolute atomic E-state index is 11.4. The van der Waals surface area contributed by atoms with Gasteiger partial charge in [0.15, 0.2) is 0 Å². The number of hydrogen-bond donors (Lipinski definition) is 1. The van der Waals surface area contributed by atoms with Gasteiger partial charge in [0.05, 0.1) is 12.5 Å². The minimum absolute atomic E-state index is 0.252. The van der Waals surface area contributed by atoms with Crippen LogP contribution in [0, 0.1) is 5.41 Å². The second-order valence-electron chi connectivity index (χ2n) is 4.98. The molecule has 1 aliphatic heterocycles. The number of carbonyl (C=O) groups excluding carboxylic acids is 2. The van der Waals surface area contributed by atoms with Crippen molar-refractivity contribution in [3.8, 4) is 0 Å². The zero-order valence-corrected chi connectivity index (χ0v) is 11.4. The second kappa shape index (κ2) is 6.00. The predicted octanol–water partition coefficient (Wildman–Crippen LogP) is 0.693. The van der Waals surface area contributed by atoms with Gasteiger partial charge < -0.3 is 10.5 Å². The smallest absolute Gasteiger partial charge is 0.333 e. The molecule has 0 aromatic rings. The summed E-state index contributed by atoms with van der Waals surface area (Å²) < 4.78 is 4.70. The predicted molar refractivity (Wildman–Crippen MR) is 68.7 cm³/mol. The van der Waals surface area contributed by atoms with E-state index in [1.807, 2.05) is 19.9 Å². The molecule has 1 saturated heterocycles. The van der Waals surface area contributed by atoms with Gasteiger partial charge >= 0.3 is 5.97 Å². The second-order valence-corrected chi connectivity index (χ2v) is 4.98. The topological polar surface area (TPSA) is 72.6 Å². The molecule has 2 N–H and O–H groups in total. The number of carbonyl (C=O) groups is 2. The normalized spacial score (nSPS) is 25.2. The SMILES string of the molecule is CCC(=CCN1CCC(C)(C(N)=O)C1)C(=O)OC. The lowest BCUT2D eigenvalue weighted by Crippen LogP contribution is -2.37. The van der Waals surface area contributed by atoms with Gasteiger partial charge in [0.2, 0.25) is 5.91 Å². The first-order valence-electron chi connectivity index (χ1n) is 6.22. The zero-order chi connectivity index (χ0) is 13.8. The van der Waals surface area contributed by atoms with Gasteiger partial charge in [-0.3, -0.25) is 9.69 Å². The van der Waals surface area contributed by atoms with Crippen LogP contribution in [0.25, 0.3) is 0 Å². The van der Waals surface area contributed by atoms with Crippen molar-refractivity contribution in [2.45, 2.75) is 26.7 Å². The number of ether oxygens (including phenoxy) is 1. The van der Waals surface area contributed by atoms with E-state index < -0.39 is 5.41 Å². The fraction of sp³-hybridized carbons (Fsp3) is 0.692. The van der Waals surface area contributed by atoms with E-state index in [1.54, 1.807) is 0 Å². The van der Waals surface area contributed by atoms with Gasteiger partial charge in [0.1, 0.15) is 0 Å². The van der Waals surface area contributed by atoms with Crippen LogP contribution in [-0.4, -0.2) is 43.5 Å². The van der Waals surface area contributed by atoms with Crippen LogP contribution < -0.4 is 5.73 Å². The van der Waals surface area contributed by atoms with Gasteiger partial charge in [0, 0.05) is 18.7 Å². The summed E-state index contributed by atoms with van der Waals surface area (Å²) >= 11 is 0. The van der Waals surface area contributed by atoms with Crippen LogP contribution in [0.2, 0.25) is 0 Å². The number of esters is 1.